The number of hydrogen-bond donors (Lipinski definition) is 3. The van der Waals surface area contributed by atoms with Crippen LogP contribution in [0.4, 0.5) is 0 Å². The van der Waals surface area contributed by atoms with Crippen molar-refractivity contribution in [3.63, 3.8) is 0 Å². The van der Waals surface area contributed by atoms with E-state index < -0.39 is 64.4 Å². The second-order valence-corrected chi connectivity index (χ2v) is 14.9. The van der Waals surface area contributed by atoms with Gasteiger partial charge in [-0.1, -0.05) is 131 Å². The molecule has 2 aliphatic rings. The van der Waals surface area contributed by atoms with Gasteiger partial charge in [0.2, 0.25) is 17.5 Å². The third-order valence-electron chi connectivity index (χ3n) is 9.11. The summed E-state index contributed by atoms with van der Waals surface area (Å²) in [6, 6.07) is 26.5. The van der Waals surface area contributed by atoms with Gasteiger partial charge in [-0.3, -0.25) is 28.9 Å². The fourth-order valence-corrected chi connectivity index (χ4v) is 7.46. The number of nitrogens with one attached hydrogen (secondary N) is 2. The van der Waals surface area contributed by atoms with Gasteiger partial charge in [0.1, 0.15) is 23.1 Å². The number of aliphatic hydroxyl groups is 1. The zero-order valence-electron chi connectivity index (χ0n) is 30.7. The third kappa shape index (κ3) is 11.5. The van der Waals surface area contributed by atoms with Crippen LogP contribution in [0.1, 0.15) is 54.9 Å². The van der Waals surface area contributed by atoms with Crippen LogP contribution < -0.4 is 10.6 Å². The average Bonchev–Trinajstić information content (AvgIpc) is 3.23. The molecule has 0 spiro atoms. The number of nitrogens with zero attached hydrogens (tertiary/aromatic N) is 1. The Morgan fingerprint density at radius 2 is 1.56 bits per heavy atom. The second-order valence-electron chi connectivity index (χ2n) is 13.1. The molecule has 57 heavy (non-hydrogen) atoms. The van der Waals surface area contributed by atoms with Crippen molar-refractivity contribution in [1.29, 1.82) is 0 Å². The van der Waals surface area contributed by atoms with Crippen LogP contribution in [-0.2, 0) is 44.7 Å². The molecular formula is C42H41BrClN3O9S. The number of thioether (sulfide) groups is 1. The molecule has 3 amide bonds. The SMILES string of the molecule is O=CSC1C(NC(=O)CCCCC(=O)OC2(NC(=O)CCl)C=CC(Cc3ccccc3)=CC2)C(=O)N1C(C(=O)OC(c1ccccc1)c1ccccc1)=C(O)CBr. The van der Waals surface area contributed by atoms with Gasteiger partial charge in [-0.25, -0.2) is 4.79 Å². The Kier molecular flexibility index (Phi) is 15.7. The lowest BCUT2D eigenvalue weighted by Crippen LogP contribution is -2.69. The van der Waals surface area contributed by atoms with E-state index in [-0.39, 0.29) is 43.3 Å². The zero-order valence-corrected chi connectivity index (χ0v) is 33.8. The van der Waals surface area contributed by atoms with Crippen LogP contribution in [0, 0.1) is 0 Å². The number of ether oxygens (including phenoxy) is 2. The van der Waals surface area contributed by atoms with Gasteiger partial charge in [0, 0.05) is 19.3 Å². The predicted molar refractivity (Wildman–Crippen MR) is 219 cm³/mol. The Balaban J connectivity index is 1.16. The minimum absolute atomic E-state index is 0.0605. The number of hydrogen-bond acceptors (Lipinski definition) is 10. The number of carbonyl (C=O) groups excluding carboxylic acids is 6. The first-order valence-corrected chi connectivity index (χ1v) is 20.7. The molecule has 0 saturated carbocycles. The number of alkyl halides is 2. The number of unbranched alkanes of at least 4 members (excludes halogenated alkanes) is 1. The van der Waals surface area contributed by atoms with Crippen LogP contribution in [0.5, 0.6) is 0 Å². The number of rotatable bonds is 19. The molecule has 1 saturated heterocycles. The number of β-lactam (4-membered cyclic amide) rings is 1. The molecule has 298 valence electrons. The number of benzene rings is 3. The van der Waals surface area contributed by atoms with E-state index in [0.717, 1.165) is 16.0 Å². The number of amides is 3. The molecule has 3 atom stereocenters. The molecule has 1 fully saturated rings. The monoisotopic (exact) mass is 877 g/mol. The third-order valence-corrected chi connectivity index (χ3v) is 10.8. The van der Waals surface area contributed by atoms with Crippen molar-refractivity contribution >= 4 is 74.6 Å². The van der Waals surface area contributed by atoms with Gasteiger partial charge in [-0.2, -0.15) is 0 Å². The van der Waals surface area contributed by atoms with Crippen LogP contribution in [0.25, 0.3) is 0 Å². The maximum absolute atomic E-state index is 13.8. The molecule has 3 aromatic rings. The first-order valence-electron chi connectivity index (χ1n) is 18.1. The van der Waals surface area contributed by atoms with Crippen molar-refractivity contribution in [2.45, 2.75) is 61.8 Å². The fraction of sp³-hybridized carbons (Fsp3) is 0.286. The van der Waals surface area contributed by atoms with E-state index >= 15 is 0 Å². The molecule has 15 heteroatoms. The Morgan fingerprint density at radius 1 is 0.947 bits per heavy atom. The average molecular weight is 879 g/mol. The van der Waals surface area contributed by atoms with Crippen LogP contribution in [-0.4, -0.2) is 73.6 Å². The summed E-state index contributed by atoms with van der Waals surface area (Å²) >= 11 is 9.52. The minimum atomic E-state index is -1.41. The van der Waals surface area contributed by atoms with E-state index in [1.165, 1.54) is 0 Å². The number of halogens is 2. The highest BCUT2D eigenvalue weighted by atomic mass is 79.9. The van der Waals surface area contributed by atoms with Gasteiger partial charge in [-0.05, 0) is 47.6 Å². The number of aliphatic hydroxyl groups excluding tert-OH is 1. The smallest absolute Gasteiger partial charge is 0.359 e. The highest BCUT2D eigenvalue weighted by Gasteiger charge is 2.53. The first kappa shape index (κ1) is 43.0. The fourth-order valence-electron chi connectivity index (χ4n) is 6.34. The number of likely N-dealkylation sites (tertiary alicyclic amines) is 1. The highest BCUT2D eigenvalue weighted by Crippen LogP contribution is 2.36. The van der Waals surface area contributed by atoms with E-state index in [9.17, 15) is 33.9 Å². The van der Waals surface area contributed by atoms with Gasteiger partial charge in [0.05, 0.1) is 5.33 Å². The van der Waals surface area contributed by atoms with Crippen LogP contribution in [0.3, 0.4) is 0 Å². The van der Waals surface area contributed by atoms with E-state index in [4.69, 9.17) is 21.1 Å². The van der Waals surface area contributed by atoms with Crippen molar-refractivity contribution < 1.29 is 43.3 Å². The Bertz CT molecular complexity index is 1980. The number of allylic oxidation sites excluding steroid dienone is 3. The molecule has 0 radical (unpaired) electrons. The topological polar surface area (TPSA) is 168 Å². The summed E-state index contributed by atoms with van der Waals surface area (Å²) in [6.07, 6.45) is 5.69. The summed E-state index contributed by atoms with van der Waals surface area (Å²) in [6.45, 7) is 0. The van der Waals surface area contributed by atoms with Gasteiger partial charge >= 0.3 is 11.9 Å². The molecule has 3 aromatic carbocycles. The van der Waals surface area contributed by atoms with Crippen LogP contribution >= 0.6 is 39.3 Å². The maximum Gasteiger partial charge on any atom is 0.359 e. The number of esters is 2. The van der Waals surface area contributed by atoms with E-state index in [1.807, 2.05) is 48.5 Å². The lowest BCUT2D eigenvalue weighted by molar-refractivity contribution is -0.159. The van der Waals surface area contributed by atoms with Crippen molar-refractivity contribution in [2.24, 2.45) is 0 Å². The Hall–Kier alpha value is -5.18. The molecule has 3 unspecified atom stereocenters. The summed E-state index contributed by atoms with van der Waals surface area (Å²) < 4.78 is 11.7. The molecule has 0 bridgehead atoms. The molecule has 5 rings (SSSR count). The van der Waals surface area contributed by atoms with Crippen molar-refractivity contribution in [3.8, 4) is 0 Å². The predicted octanol–water partition coefficient (Wildman–Crippen LogP) is 6.34. The molecule has 1 heterocycles. The quantitative estimate of drug-likeness (QED) is 0.0181. The van der Waals surface area contributed by atoms with E-state index in [0.29, 0.717) is 34.9 Å². The summed E-state index contributed by atoms with van der Waals surface area (Å²) in [5.74, 6) is -4.19. The molecule has 3 N–H and O–H groups in total. The van der Waals surface area contributed by atoms with Gasteiger partial charge in [0.25, 0.3) is 5.91 Å². The lowest BCUT2D eigenvalue weighted by atomic mass is 9.95. The van der Waals surface area contributed by atoms with Gasteiger partial charge in [-0.15, -0.1) is 11.6 Å². The molecule has 0 aromatic heterocycles. The largest absolute Gasteiger partial charge is 0.509 e. The maximum atomic E-state index is 13.8. The molecule has 12 nitrogen and oxygen atoms in total. The zero-order chi connectivity index (χ0) is 40.8. The Morgan fingerprint density at radius 3 is 2.12 bits per heavy atom. The molecule has 1 aliphatic heterocycles. The summed E-state index contributed by atoms with van der Waals surface area (Å²) in [5.41, 5.74) is 2.00. The second kappa shape index (κ2) is 20.8. The van der Waals surface area contributed by atoms with Crippen LogP contribution in [0.2, 0.25) is 0 Å². The summed E-state index contributed by atoms with van der Waals surface area (Å²) in [4.78, 5) is 78.1. The van der Waals surface area contributed by atoms with Crippen molar-refractivity contribution in [2.75, 3.05) is 11.2 Å². The Labute approximate surface area is 347 Å². The van der Waals surface area contributed by atoms with Crippen molar-refractivity contribution in [3.05, 3.63) is 143 Å². The summed E-state index contributed by atoms with van der Waals surface area (Å²) in [5, 5.41) is 14.9. The van der Waals surface area contributed by atoms with E-state index in [2.05, 4.69) is 26.6 Å². The highest BCUT2D eigenvalue weighted by molar-refractivity contribution is 9.09. The van der Waals surface area contributed by atoms with Gasteiger partial charge in [0.15, 0.2) is 17.4 Å². The first-order chi connectivity index (χ1) is 27.6. The normalized spacial score (nSPS) is 19.1. The molecule has 1 aliphatic carbocycles. The van der Waals surface area contributed by atoms with Crippen LogP contribution in [0.15, 0.2) is 126 Å². The molecular weight excluding hydrogens is 838 g/mol. The standard InChI is InChI=1S/C42H41BrClN3O9S/c43-25-32(49)37(41(54)55-38(30-14-6-2-7-15-30)31-16-8-3-9-17-31)47-39(53)36(40(47)57-27-48)45-33(50)18-10-11-19-35(52)56-42(46-34(51)26-44)22-20-29(21-23-42)24-28-12-4-1-5-13-28/h1-9,12-17,20-22,27,36,38,40,49H,10-11,18-19,23-26H2,(H,45,50)(H,46,51). The van der Waals surface area contributed by atoms with Gasteiger partial charge < -0.3 is 25.2 Å². The van der Waals surface area contributed by atoms with Crippen molar-refractivity contribution in [1.82, 2.24) is 15.5 Å². The minimum Gasteiger partial charge on any atom is -0.509 e. The summed E-state index contributed by atoms with van der Waals surface area (Å²) in [7, 11) is 0. The number of carbonyl (C=O) groups is 6. The van der Waals surface area contributed by atoms with E-state index in [1.54, 1.807) is 60.7 Å². The lowest BCUT2D eigenvalue weighted by Gasteiger charge is -2.46.